The van der Waals surface area contributed by atoms with E-state index < -0.39 is 6.67 Å². The zero-order chi connectivity index (χ0) is 9.56. The van der Waals surface area contributed by atoms with Crippen molar-refractivity contribution in [1.29, 1.82) is 0 Å². The molecule has 0 fully saturated rings. The monoisotopic (exact) mass is 171 g/mol. The Morgan fingerprint density at radius 3 is 2.42 bits per heavy atom. The van der Waals surface area contributed by atoms with Crippen molar-refractivity contribution in [2.45, 2.75) is 13.6 Å². The molecule has 0 heterocycles. The smallest absolute Gasteiger partial charge is 0.115 e. The van der Waals surface area contributed by atoms with Gasteiger partial charge in [-0.05, 0) is 24.1 Å². The van der Waals surface area contributed by atoms with Crippen LogP contribution in [0.3, 0.4) is 0 Å². The number of anilines is 1. The summed E-state index contributed by atoms with van der Waals surface area (Å²) in [5.74, 6) is 0. The first-order valence-electron chi connectivity index (χ1n) is 3.59. The zero-order valence-electron chi connectivity index (χ0n) is 7.34. The van der Waals surface area contributed by atoms with E-state index >= 15 is 0 Å². The van der Waals surface area contributed by atoms with Crippen LogP contribution in [0.4, 0.5) is 10.1 Å². The molecule has 3 N–H and O–H groups in total. The van der Waals surface area contributed by atoms with Crippen LogP contribution in [-0.2, 0) is 6.67 Å². The number of aliphatic hydroxyl groups is 1. The lowest BCUT2D eigenvalue weighted by molar-refractivity contribution is 0.399. The Labute approximate surface area is 71.8 Å². The minimum absolute atomic E-state index is 0.440. The van der Waals surface area contributed by atoms with Gasteiger partial charge in [0.15, 0.2) is 0 Å². The van der Waals surface area contributed by atoms with Gasteiger partial charge < -0.3 is 10.8 Å². The van der Waals surface area contributed by atoms with Crippen molar-refractivity contribution in [2.75, 3.05) is 12.8 Å². The molecule has 0 aliphatic heterocycles. The summed E-state index contributed by atoms with van der Waals surface area (Å²) >= 11 is 0. The normalized spacial score (nSPS) is 8.67. The third-order valence-electron chi connectivity index (χ3n) is 1.50. The molecular weight excluding hydrogens is 157 g/mol. The van der Waals surface area contributed by atoms with Crippen molar-refractivity contribution in [2.24, 2.45) is 0 Å². The Bertz CT molecular complexity index is 238. The van der Waals surface area contributed by atoms with Gasteiger partial charge in [-0.15, -0.1) is 0 Å². The predicted molar refractivity (Wildman–Crippen MR) is 48.5 cm³/mol. The molecule has 0 atom stereocenters. The van der Waals surface area contributed by atoms with Crippen molar-refractivity contribution in [3.8, 4) is 0 Å². The molecule has 0 radical (unpaired) electrons. The van der Waals surface area contributed by atoms with Crippen LogP contribution in [0.15, 0.2) is 18.2 Å². The summed E-state index contributed by atoms with van der Waals surface area (Å²) in [6.45, 7) is 1.46. The maximum atomic E-state index is 12.0. The highest BCUT2D eigenvalue weighted by atomic mass is 19.1. The van der Waals surface area contributed by atoms with Crippen molar-refractivity contribution in [3.63, 3.8) is 0 Å². The second kappa shape index (κ2) is 5.55. The minimum Gasteiger partial charge on any atom is -0.400 e. The van der Waals surface area contributed by atoms with Crippen LogP contribution < -0.4 is 5.73 Å². The predicted octanol–water partition coefficient (Wildman–Crippen LogP) is 1.66. The molecule has 68 valence electrons. The molecule has 3 heteroatoms. The molecule has 0 amide bonds. The molecule has 1 aromatic rings. The Kier molecular flexibility index (Phi) is 5.04. The van der Waals surface area contributed by atoms with E-state index in [9.17, 15) is 4.39 Å². The first kappa shape index (κ1) is 10.9. The second-order valence-corrected chi connectivity index (χ2v) is 2.32. The maximum Gasteiger partial charge on any atom is 0.115 e. The van der Waals surface area contributed by atoms with E-state index in [0.717, 1.165) is 12.7 Å². The van der Waals surface area contributed by atoms with Gasteiger partial charge in [-0.25, -0.2) is 4.39 Å². The summed E-state index contributed by atoms with van der Waals surface area (Å²) in [7, 11) is 1.00. The molecule has 0 spiro atoms. The largest absolute Gasteiger partial charge is 0.400 e. The molecule has 12 heavy (non-hydrogen) atoms. The van der Waals surface area contributed by atoms with E-state index in [2.05, 4.69) is 0 Å². The summed E-state index contributed by atoms with van der Waals surface area (Å²) in [5.41, 5.74) is 7.83. The SMILES string of the molecule is CO.Cc1ccc(CF)cc1N. The Balaban J connectivity index is 0.000000561. The summed E-state index contributed by atoms with van der Waals surface area (Å²) in [6, 6.07) is 5.23. The summed E-state index contributed by atoms with van der Waals surface area (Å²) in [5, 5.41) is 7.00. The first-order valence-corrected chi connectivity index (χ1v) is 3.59. The van der Waals surface area contributed by atoms with Gasteiger partial charge in [0.2, 0.25) is 0 Å². The zero-order valence-corrected chi connectivity index (χ0v) is 7.34. The highest BCUT2D eigenvalue weighted by Gasteiger charge is 1.94. The van der Waals surface area contributed by atoms with Gasteiger partial charge in [-0.3, -0.25) is 0 Å². The van der Waals surface area contributed by atoms with E-state index in [0.29, 0.717) is 11.3 Å². The Morgan fingerprint density at radius 2 is 2.00 bits per heavy atom. The van der Waals surface area contributed by atoms with E-state index in [1.54, 1.807) is 12.1 Å². The van der Waals surface area contributed by atoms with Crippen LogP contribution in [0.1, 0.15) is 11.1 Å². The van der Waals surface area contributed by atoms with E-state index in [4.69, 9.17) is 10.8 Å². The molecular formula is C9H14FNO. The maximum absolute atomic E-state index is 12.0. The van der Waals surface area contributed by atoms with E-state index in [-0.39, 0.29) is 0 Å². The average molecular weight is 171 g/mol. The summed E-state index contributed by atoms with van der Waals surface area (Å²) in [4.78, 5) is 0. The number of hydrogen-bond donors (Lipinski definition) is 2. The Hall–Kier alpha value is -1.09. The van der Waals surface area contributed by atoms with Crippen LogP contribution in [0.2, 0.25) is 0 Å². The van der Waals surface area contributed by atoms with Crippen molar-refractivity contribution >= 4 is 5.69 Å². The molecule has 1 aromatic carbocycles. The highest BCUT2D eigenvalue weighted by molar-refractivity contribution is 5.48. The number of rotatable bonds is 1. The van der Waals surface area contributed by atoms with Gasteiger partial charge in [-0.2, -0.15) is 0 Å². The van der Waals surface area contributed by atoms with Crippen LogP contribution in [0.5, 0.6) is 0 Å². The minimum atomic E-state index is -0.440. The van der Waals surface area contributed by atoms with Gasteiger partial charge in [-0.1, -0.05) is 12.1 Å². The molecule has 0 aliphatic carbocycles. The van der Waals surface area contributed by atoms with Crippen molar-refractivity contribution < 1.29 is 9.50 Å². The summed E-state index contributed by atoms with van der Waals surface area (Å²) in [6.07, 6.45) is 0. The number of nitrogens with two attached hydrogens (primary N) is 1. The number of nitrogen functional groups attached to an aromatic ring is 1. The first-order chi connectivity index (χ1) is 5.74. The molecule has 0 bridgehead atoms. The topological polar surface area (TPSA) is 46.2 Å². The van der Waals surface area contributed by atoms with Gasteiger partial charge >= 0.3 is 0 Å². The third kappa shape index (κ3) is 2.88. The standard InChI is InChI=1S/C8H10FN.CH4O/c1-6-2-3-7(5-9)4-8(6)10;1-2/h2-4H,5,10H2,1H3;2H,1H3. The number of hydrogen-bond acceptors (Lipinski definition) is 2. The molecule has 0 aliphatic rings. The molecule has 0 saturated heterocycles. The lowest BCUT2D eigenvalue weighted by Gasteiger charge is -1.99. The molecule has 1 rings (SSSR count). The van der Waals surface area contributed by atoms with Crippen LogP contribution in [0.25, 0.3) is 0 Å². The van der Waals surface area contributed by atoms with Gasteiger partial charge in [0, 0.05) is 12.8 Å². The van der Waals surface area contributed by atoms with Crippen molar-refractivity contribution in [1.82, 2.24) is 0 Å². The quantitative estimate of drug-likeness (QED) is 0.631. The number of benzene rings is 1. The fourth-order valence-corrected chi connectivity index (χ4v) is 0.773. The van der Waals surface area contributed by atoms with E-state index in [1.807, 2.05) is 13.0 Å². The number of aryl methyl sites for hydroxylation is 1. The highest BCUT2D eigenvalue weighted by Crippen LogP contribution is 2.13. The van der Waals surface area contributed by atoms with Crippen LogP contribution in [0, 0.1) is 6.92 Å². The molecule has 2 nitrogen and oxygen atoms in total. The van der Waals surface area contributed by atoms with Gasteiger partial charge in [0.05, 0.1) is 0 Å². The lowest BCUT2D eigenvalue weighted by Crippen LogP contribution is -1.90. The Morgan fingerprint density at radius 1 is 1.42 bits per heavy atom. The summed E-state index contributed by atoms with van der Waals surface area (Å²) < 4.78 is 12.0. The van der Waals surface area contributed by atoms with Crippen molar-refractivity contribution in [3.05, 3.63) is 29.3 Å². The average Bonchev–Trinajstić information content (AvgIpc) is 2.13. The number of halogens is 1. The fourth-order valence-electron chi connectivity index (χ4n) is 0.773. The van der Waals surface area contributed by atoms with E-state index in [1.165, 1.54) is 0 Å². The second-order valence-electron chi connectivity index (χ2n) is 2.32. The molecule has 0 aromatic heterocycles. The van der Waals surface area contributed by atoms with Crippen LogP contribution >= 0.6 is 0 Å². The van der Waals surface area contributed by atoms with Gasteiger partial charge in [0.1, 0.15) is 6.67 Å². The number of alkyl halides is 1. The van der Waals surface area contributed by atoms with Gasteiger partial charge in [0.25, 0.3) is 0 Å². The lowest BCUT2D eigenvalue weighted by atomic mass is 10.1. The fraction of sp³-hybridized carbons (Fsp3) is 0.333. The molecule has 0 unspecified atom stereocenters. The molecule has 0 saturated carbocycles. The third-order valence-corrected chi connectivity index (χ3v) is 1.50. The van der Waals surface area contributed by atoms with Crippen LogP contribution in [-0.4, -0.2) is 12.2 Å². The number of aliphatic hydroxyl groups excluding tert-OH is 1.